The van der Waals surface area contributed by atoms with Crippen molar-refractivity contribution in [3.8, 4) is 0 Å². The minimum Gasteiger partial charge on any atom is -0.463 e. The molecule has 10 atom stereocenters. The Kier molecular flexibility index (Phi) is 14.5. The number of rotatable bonds is 12. The Labute approximate surface area is 268 Å². The van der Waals surface area contributed by atoms with E-state index in [4.69, 9.17) is 52.1 Å². The van der Waals surface area contributed by atoms with Crippen LogP contribution in [0.15, 0.2) is 0 Å². The predicted octanol–water partition coefficient (Wildman–Crippen LogP) is -0.831. The Hall–Kier alpha value is -4.36. The predicted molar refractivity (Wildman–Crippen MR) is 145 cm³/mol. The van der Waals surface area contributed by atoms with Gasteiger partial charge in [-0.15, -0.1) is 0 Å². The lowest BCUT2D eigenvalue weighted by atomic mass is 9.96. The van der Waals surface area contributed by atoms with Gasteiger partial charge in [-0.2, -0.15) is 0 Å². The smallest absolute Gasteiger partial charge is 0.305 e. The van der Waals surface area contributed by atoms with Gasteiger partial charge in [0.2, 0.25) is 12.4 Å². The Balaban J connectivity index is 2.73. The Morgan fingerprint density at radius 1 is 0.383 bits per heavy atom. The summed E-state index contributed by atoms with van der Waals surface area (Å²) in [7, 11) is 0. The molecule has 2 fully saturated rings. The fourth-order valence-corrected chi connectivity index (χ4v) is 4.73. The normalized spacial score (nSPS) is 30.0. The van der Waals surface area contributed by atoms with Gasteiger partial charge >= 0.3 is 47.8 Å². The molecule has 0 amide bonds. The summed E-state index contributed by atoms with van der Waals surface area (Å²) in [5.74, 6) is -7.02. The number of ether oxygens (including phenoxy) is 11. The number of carbonyl (C=O) groups excluding carboxylic acids is 8. The van der Waals surface area contributed by atoms with E-state index in [0.717, 1.165) is 55.4 Å². The van der Waals surface area contributed by atoms with Crippen molar-refractivity contribution >= 4 is 47.8 Å². The van der Waals surface area contributed by atoms with Crippen LogP contribution < -0.4 is 0 Å². The van der Waals surface area contributed by atoms with Gasteiger partial charge in [-0.25, -0.2) is 0 Å². The lowest BCUT2D eigenvalue weighted by Gasteiger charge is -2.48. The molecule has 264 valence electrons. The van der Waals surface area contributed by atoms with Crippen LogP contribution in [0.3, 0.4) is 0 Å². The van der Waals surface area contributed by atoms with Gasteiger partial charge in [0, 0.05) is 55.4 Å². The monoisotopic (exact) mass is 678 g/mol. The first-order chi connectivity index (χ1) is 21.9. The fraction of sp³-hybridized carbons (Fsp3) is 0.714. The number of hydrogen-bond donors (Lipinski definition) is 0. The second-order valence-corrected chi connectivity index (χ2v) is 10.3. The van der Waals surface area contributed by atoms with Gasteiger partial charge in [0.1, 0.15) is 31.5 Å². The van der Waals surface area contributed by atoms with Gasteiger partial charge in [0.25, 0.3) is 0 Å². The highest BCUT2D eigenvalue weighted by molar-refractivity contribution is 5.70. The quantitative estimate of drug-likeness (QED) is 0.181. The third-order valence-corrected chi connectivity index (χ3v) is 6.17. The molecule has 0 N–H and O–H groups in total. The topological polar surface area (TPSA) is 238 Å². The fourth-order valence-electron chi connectivity index (χ4n) is 4.73. The maximum absolute atomic E-state index is 12.3. The van der Waals surface area contributed by atoms with E-state index in [1.165, 1.54) is 0 Å². The molecule has 19 heteroatoms. The van der Waals surface area contributed by atoms with Crippen LogP contribution in [0.2, 0.25) is 0 Å². The van der Waals surface area contributed by atoms with E-state index in [1.54, 1.807) is 0 Å². The molecule has 2 aliphatic heterocycles. The van der Waals surface area contributed by atoms with E-state index in [2.05, 4.69) is 0 Å². The average molecular weight is 679 g/mol. The van der Waals surface area contributed by atoms with Crippen LogP contribution in [0.4, 0.5) is 0 Å². The minimum absolute atomic E-state index is 0.590. The first kappa shape index (κ1) is 38.8. The maximum Gasteiger partial charge on any atom is 0.305 e. The van der Waals surface area contributed by atoms with Gasteiger partial charge in [-0.3, -0.25) is 38.4 Å². The molecule has 2 aliphatic rings. The van der Waals surface area contributed by atoms with Crippen LogP contribution in [0.25, 0.3) is 0 Å². The number of carbonyl (C=O) groups is 8. The van der Waals surface area contributed by atoms with Crippen LogP contribution in [0.5, 0.6) is 0 Å². The Morgan fingerprint density at radius 3 is 1.11 bits per heavy atom. The second-order valence-electron chi connectivity index (χ2n) is 10.3. The van der Waals surface area contributed by atoms with Gasteiger partial charge in [0.15, 0.2) is 30.7 Å². The molecule has 0 bridgehead atoms. The third-order valence-electron chi connectivity index (χ3n) is 6.17. The summed E-state index contributed by atoms with van der Waals surface area (Å²) < 4.78 is 60.2. The summed E-state index contributed by atoms with van der Waals surface area (Å²) in [4.78, 5) is 96.3. The van der Waals surface area contributed by atoms with E-state index in [1.807, 2.05) is 0 Å². The standard InChI is InChI=1S/C28H38O19/c1-11(29)37-9-19-21(39-13(3)31)23(40-14(4)32)26(43-17(7)35)28(46-19)47-22-20(10-38-12(2)30)45-27(44-18(8)36)25(42-16(6)34)24(22)41-15(5)33/h19-28H,9-10H2,1-8H3/t19-,20+,21-,22-,23-,24-,25-,26-,27-,28-/m1/s1. The van der Waals surface area contributed by atoms with E-state index >= 15 is 0 Å². The molecule has 2 heterocycles. The van der Waals surface area contributed by atoms with E-state index < -0.39 is 122 Å². The van der Waals surface area contributed by atoms with Gasteiger partial charge < -0.3 is 52.1 Å². The zero-order valence-electron chi connectivity index (χ0n) is 26.9. The summed E-state index contributed by atoms with van der Waals surface area (Å²) in [5, 5.41) is 0. The van der Waals surface area contributed by atoms with Crippen molar-refractivity contribution < 1.29 is 90.5 Å². The number of esters is 8. The molecule has 0 aliphatic carbocycles. The molecule has 0 saturated carbocycles. The van der Waals surface area contributed by atoms with Crippen molar-refractivity contribution in [2.24, 2.45) is 0 Å². The van der Waals surface area contributed by atoms with Crippen LogP contribution >= 0.6 is 0 Å². The summed E-state index contributed by atoms with van der Waals surface area (Å²) in [5.41, 5.74) is 0. The summed E-state index contributed by atoms with van der Waals surface area (Å²) >= 11 is 0. The van der Waals surface area contributed by atoms with Gasteiger partial charge in [0.05, 0.1) is 0 Å². The van der Waals surface area contributed by atoms with E-state index in [0.29, 0.717) is 0 Å². The summed E-state index contributed by atoms with van der Waals surface area (Å²) in [6.45, 7) is 7.05. The highest BCUT2D eigenvalue weighted by Gasteiger charge is 2.58. The summed E-state index contributed by atoms with van der Waals surface area (Å²) in [6, 6.07) is 0. The average Bonchev–Trinajstić information content (AvgIpc) is 2.91. The highest BCUT2D eigenvalue weighted by Crippen LogP contribution is 2.35. The molecular weight excluding hydrogens is 640 g/mol. The van der Waals surface area contributed by atoms with Crippen molar-refractivity contribution in [1.29, 1.82) is 0 Å². The first-order valence-corrected chi connectivity index (χ1v) is 14.2. The molecule has 2 saturated heterocycles. The second kappa shape index (κ2) is 17.5. The molecule has 0 spiro atoms. The molecule has 19 nitrogen and oxygen atoms in total. The van der Waals surface area contributed by atoms with Crippen molar-refractivity contribution in [3.05, 3.63) is 0 Å². The zero-order valence-corrected chi connectivity index (χ0v) is 26.9. The third kappa shape index (κ3) is 12.1. The Bertz CT molecular complexity index is 1200. The largest absolute Gasteiger partial charge is 0.463 e. The number of hydrogen-bond acceptors (Lipinski definition) is 19. The first-order valence-electron chi connectivity index (χ1n) is 14.2. The molecule has 0 aromatic heterocycles. The highest BCUT2D eigenvalue weighted by atomic mass is 16.8. The van der Waals surface area contributed by atoms with E-state index in [9.17, 15) is 38.4 Å². The molecular formula is C28H38O19. The molecule has 0 aromatic rings. The molecule has 0 aromatic carbocycles. The van der Waals surface area contributed by atoms with Gasteiger partial charge in [-0.05, 0) is 0 Å². The zero-order chi connectivity index (χ0) is 35.6. The van der Waals surface area contributed by atoms with Crippen LogP contribution in [0, 0.1) is 0 Å². The molecule has 0 unspecified atom stereocenters. The van der Waals surface area contributed by atoms with Crippen molar-refractivity contribution in [1.82, 2.24) is 0 Å². The molecule has 2 rings (SSSR count). The molecule has 47 heavy (non-hydrogen) atoms. The minimum atomic E-state index is -1.83. The van der Waals surface area contributed by atoms with Crippen molar-refractivity contribution in [2.75, 3.05) is 13.2 Å². The lowest BCUT2D eigenvalue weighted by Crippen LogP contribution is -2.67. The van der Waals surface area contributed by atoms with E-state index in [-0.39, 0.29) is 0 Å². The van der Waals surface area contributed by atoms with Crippen LogP contribution in [0.1, 0.15) is 55.4 Å². The van der Waals surface area contributed by atoms with Gasteiger partial charge in [-0.1, -0.05) is 0 Å². The summed E-state index contributed by atoms with van der Waals surface area (Å²) in [6.07, 6.45) is -16.3. The van der Waals surface area contributed by atoms with Crippen LogP contribution in [-0.2, 0) is 90.5 Å². The van der Waals surface area contributed by atoms with Crippen LogP contribution in [-0.4, -0.2) is 122 Å². The molecule has 0 radical (unpaired) electrons. The maximum atomic E-state index is 12.3. The Morgan fingerprint density at radius 2 is 0.702 bits per heavy atom. The van der Waals surface area contributed by atoms with Crippen molar-refractivity contribution in [2.45, 2.75) is 117 Å². The van der Waals surface area contributed by atoms with Crippen molar-refractivity contribution in [3.63, 3.8) is 0 Å². The lowest BCUT2D eigenvalue weighted by molar-refractivity contribution is -0.357. The SMILES string of the molecule is CC(=O)OC[C@@H]1O[C@@H](OC(C)=O)[C@H](OC(C)=O)[C@H](OC(C)=O)[C@@H]1O[C@H]1O[C@H](COC(C)=O)[C@@H](OC(C)=O)[C@@H](OC(C)=O)[C@H]1OC(C)=O.